The highest BCUT2D eigenvalue weighted by atomic mass is 35.5. The van der Waals surface area contributed by atoms with Gasteiger partial charge >= 0.3 is 0 Å². The minimum Gasteiger partial charge on any atom is -0.494 e. The van der Waals surface area contributed by atoms with E-state index in [-0.39, 0.29) is 23.5 Å². The number of nitrogens with one attached hydrogen (secondary N) is 8. The van der Waals surface area contributed by atoms with Crippen molar-refractivity contribution in [3.63, 3.8) is 0 Å². The van der Waals surface area contributed by atoms with Crippen molar-refractivity contribution in [3.05, 3.63) is 199 Å². The zero-order valence-corrected chi connectivity index (χ0v) is 71.0. The van der Waals surface area contributed by atoms with Crippen LogP contribution in [0.4, 0.5) is 69.0 Å². The topological polar surface area (TPSA) is 368 Å². The molecule has 6 heterocycles. The molecule has 6 aromatic carbocycles. The van der Waals surface area contributed by atoms with Crippen LogP contribution in [0.25, 0.3) is 66.5 Å². The van der Waals surface area contributed by atoms with Gasteiger partial charge in [-0.2, -0.15) is 5.26 Å². The van der Waals surface area contributed by atoms with Gasteiger partial charge in [-0.15, -0.1) is 0 Å². The van der Waals surface area contributed by atoms with E-state index < -0.39 is 5.91 Å². The summed E-state index contributed by atoms with van der Waals surface area (Å²) in [7, 11) is 24.5. The number of aromatic nitrogens is 9. The number of aromatic amines is 2. The average molecular weight is 1640 g/mol. The van der Waals surface area contributed by atoms with E-state index in [1.165, 1.54) is 25.2 Å². The number of rotatable bonds is 32. The van der Waals surface area contributed by atoms with Crippen molar-refractivity contribution in [2.75, 3.05) is 171 Å². The fourth-order valence-corrected chi connectivity index (χ4v) is 13.3. The van der Waals surface area contributed by atoms with Crippen LogP contribution in [-0.4, -0.2) is 213 Å². The normalized spacial score (nSPS) is 10.9. The number of hydrogen-bond donors (Lipinski definition) is 9. The number of nitrogens with two attached hydrogens (primary N) is 1. The van der Waals surface area contributed by atoms with Gasteiger partial charge in [0.1, 0.15) is 23.3 Å². The summed E-state index contributed by atoms with van der Waals surface area (Å²) in [5.74, 6) is 0.985. The van der Waals surface area contributed by atoms with Gasteiger partial charge < -0.3 is 95.8 Å². The molecule has 0 saturated heterocycles. The van der Waals surface area contributed by atoms with Gasteiger partial charge in [-0.3, -0.25) is 24.0 Å². The Morgan fingerprint density at radius 2 is 0.858 bits per heavy atom. The summed E-state index contributed by atoms with van der Waals surface area (Å²) in [6.07, 6.45) is 14.1. The van der Waals surface area contributed by atoms with Crippen LogP contribution in [0, 0.1) is 25.2 Å². The summed E-state index contributed by atoms with van der Waals surface area (Å²) in [5.41, 5.74) is 21.3. The second-order valence-electron chi connectivity index (χ2n) is 29.0. The molecule has 10 N–H and O–H groups in total. The molecule has 0 aliphatic rings. The molecule has 31 nitrogen and oxygen atoms in total. The van der Waals surface area contributed by atoms with E-state index in [1.54, 1.807) is 88.6 Å². The lowest BCUT2D eigenvalue weighted by Crippen LogP contribution is -2.29. The van der Waals surface area contributed by atoms with Crippen LogP contribution < -0.4 is 66.5 Å². The Kier molecular flexibility index (Phi) is 29.1. The Morgan fingerprint density at radius 3 is 1.20 bits per heavy atom. The number of Topliss-reactive ketones (excluding diaryl/α,β-unsaturated/α-hetero) is 1. The van der Waals surface area contributed by atoms with Gasteiger partial charge in [0.15, 0.2) is 5.78 Å². The molecule has 0 radical (unpaired) electrons. The molecule has 32 heteroatoms. The number of primary amides is 1. The summed E-state index contributed by atoms with van der Waals surface area (Å²) < 4.78 is 18.9. The fourth-order valence-electron chi connectivity index (χ4n) is 13.0. The van der Waals surface area contributed by atoms with E-state index in [1.807, 2.05) is 165 Å². The van der Waals surface area contributed by atoms with E-state index >= 15 is 0 Å². The van der Waals surface area contributed by atoms with Gasteiger partial charge in [0, 0.05) is 161 Å². The molecule has 0 atom stereocenters. The highest BCUT2D eigenvalue weighted by molar-refractivity contribution is 6.36. The van der Waals surface area contributed by atoms with E-state index in [9.17, 15) is 29.2 Å². The maximum Gasteiger partial charge on any atom is 0.250 e. The van der Waals surface area contributed by atoms with E-state index in [2.05, 4.69) is 102 Å². The monoisotopic (exact) mass is 1640 g/mol. The van der Waals surface area contributed by atoms with Gasteiger partial charge in [0.25, 0.3) is 5.91 Å². The Hall–Kier alpha value is -14.2. The molecule has 4 amide bonds. The van der Waals surface area contributed by atoms with E-state index in [4.69, 9.17) is 41.5 Å². The summed E-state index contributed by atoms with van der Waals surface area (Å²) in [5, 5.41) is 31.2. The van der Waals surface area contributed by atoms with Gasteiger partial charge in [0.2, 0.25) is 35.6 Å². The van der Waals surface area contributed by atoms with Crippen LogP contribution in [0.2, 0.25) is 5.02 Å². The first-order valence-electron chi connectivity index (χ1n) is 37.9. The molecule has 622 valence electrons. The molecule has 0 bridgehead atoms. The molecule has 0 unspecified atom stereocenters. The molecule has 0 aliphatic carbocycles. The van der Waals surface area contributed by atoms with E-state index in [0.717, 1.165) is 111 Å². The third kappa shape index (κ3) is 21.3. The average Bonchev–Trinajstić information content (AvgIpc) is 1.63. The fraction of sp³-hybridized carbons (Fsp3) is 0.250. The standard InChI is InChI=1S/C30H34ClN7O3.C29H34N8O3.C29H32N8O2/c1-8-28(40)33-24-15-25(27(41-7)16-26(24)37(5)12-11-36(3)4)35-30-32-10-9-23(34-30)19-13-20(18(2)39)29-21(14-19)22(31)17-38(29)6;1-7-26(38)33-22-14-23(25(40-6)15-24(22)37(5)11-10-36(3)4)35-29-31-9-8-21(34-29)18-12-19-17(2)16-32-27(19)20(13-18)28(30)39;1-7-27(38)33-23-14-24(26(39-6)15-25(23)37(5)11-10-36(3)4)35-29-31-9-8-22(34-29)19-12-20(16-30)28-21(13-19)18(2)17-32-28/h8-10,13-17H,1,11-12H2,2-7H3,(H,33,40)(H,32,34,35);7-9,12-16,32H,1,10-11H2,2-6H3,(H2,30,39)(H,33,38)(H,31,34,35);7-9,12-15,17,32H,1,10-11H2,2-6H3,(H,33,38)(H,31,34,35). The largest absolute Gasteiger partial charge is 0.494 e. The predicted molar refractivity (Wildman–Crippen MR) is 481 cm³/mol. The predicted octanol–water partition coefficient (Wildman–Crippen LogP) is 14.0. The molecule has 0 aliphatic heterocycles. The lowest BCUT2D eigenvalue weighted by atomic mass is 10.0. The third-order valence-corrected chi connectivity index (χ3v) is 19.8. The van der Waals surface area contributed by atoms with Crippen molar-refractivity contribution in [1.29, 1.82) is 5.26 Å². The van der Waals surface area contributed by atoms with Crippen LogP contribution in [0.5, 0.6) is 17.2 Å². The Morgan fingerprint density at radius 1 is 0.508 bits per heavy atom. The van der Waals surface area contributed by atoms with Crippen LogP contribution >= 0.6 is 11.6 Å². The van der Waals surface area contributed by atoms with Crippen molar-refractivity contribution >= 4 is 143 Å². The summed E-state index contributed by atoms with van der Waals surface area (Å²) in [6, 6.07) is 29.7. The van der Waals surface area contributed by atoms with Crippen LogP contribution in [0.3, 0.4) is 0 Å². The van der Waals surface area contributed by atoms with E-state index in [0.29, 0.717) is 114 Å². The lowest BCUT2D eigenvalue weighted by Gasteiger charge is -2.26. The van der Waals surface area contributed by atoms with Gasteiger partial charge in [-0.1, -0.05) is 31.3 Å². The first-order valence-corrected chi connectivity index (χ1v) is 38.3. The molecule has 12 rings (SSSR count). The molecule has 6 aromatic heterocycles. The molecule has 0 fully saturated rings. The second kappa shape index (κ2) is 39.6. The van der Waals surface area contributed by atoms with Crippen LogP contribution in [0.1, 0.15) is 44.3 Å². The van der Waals surface area contributed by atoms with Crippen molar-refractivity contribution < 1.29 is 38.2 Å². The van der Waals surface area contributed by atoms with Crippen LogP contribution in [-0.2, 0) is 21.4 Å². The number of ketones is 1. The molecule has 0 spiro atoms. The number of ether oxygens (including phenoxy) is 3. The number of hydrogen-bond acceptors (Lipinski definition) is 24. The van der Waals surface area contributed by atoms with Crippen LogP contribution in [0.15, 0.2) is 166 Å². The number of benzene rings is 6. The quantitative estimate of drug-likeness (QED) is 0.0140. The van der Waals surface area contributed by atoms with Crippen molar-refractivity contribution in [3.8, 4) is 57.1 Å². The zero-order valence-electron chi connectivity index (χ0n) is 70.2. The highest BCUT2D eigenvalue weighted by Crippen LogP contribution is 2.43. The molecule has 120 heavy (non-hydrogen) atoms. The number of nitriles is 1. The molecule has 12 aromatic rings. The van der Waals surface area contributed by atoms with Gasteiger partial charge in [-0.05, 0) is 165 Å². The summed E-state index contributed by atoms with van der Waals surface area (Å²) in [4.78, 5) is 107. The molecular formula is C88H100ClN23O8. The number of anilines is 12. The second-order valence-corrected chi connectivity index (χ2v) is 29.4. The summed E-state index contributed by atoms with van der Waals surface area (Å²) >= 11 is 6.48. The summed E-state index contributed by atoms with van der Waals surface area (Å²) in [6.45, 7) is 20.8. The first-order chi connectivity index (χ1) is 57.3. The minimum absolute atomic E-state index is 0.0726. The highest BCUT2D eigenvalue weighted by Gasteiger charge is 2.24. The van der Waals surface area contributed by atoms with Crippen molar-refractivity contribution in [1.82, 2.24) is 59.1 Å². The number of aryl methyl sites for hydroxylation is 3. The minimum atomic E-state index is -0.532. The van der Waals surface area contributed by atoms with Crippen molar-refractivity contribution in [2.24, 2.45) is 12.8 Å². The van der Waals surface area contributed by atoms with Crippen molar-refractivity contribution in [2.45, 2.75) is 20.8 Å². The maximum atomic E-state index is 12.5. The maximum absolute atomic E-state index is 12.5. The third-order valence-electron chi connectivity index (χ3n) is 19.5. The Bertz CT molecular complexity index is 5900. The van der Waals surface area contributed by atoms with Gasteiger partial charge in [-0.25, -0.2) is 29.9 Å². The number of H-pyrrole nitrogens is 2. The lowest BCUT2D eigenvalue weighted by molar-refractivity contribution is -0.112. The number of likely N-dealkylation sites (N-methyl/N-ethyl adjacent to an activating group) is 6. The number of nitrogens with zero attached hydrogens (tertiary/aromatic N) is 14. The van der Waals surface area contributed by atoms with Gasteiger partial charge in [0.05, 0.1) is 122 Å². The Labute approximate surface area is 701 Å². The number of amides is 4. The molecular weight excluding hydrogens is 1540 g/mol. The number of carbonyl (C=O) groups is 5. The zero-order chi connectivity index (χ0) is 86.9. The first kappa shape index (κ1) is 88.2. The number of fused-ring (bicyclic) bond motifs is 3. The SMILES string of the molecule is C=CC(=O)Nc1cc(Nc2nccc(-c3cc(C#N)c4[nH]cc(C)c4c3)n2)c(OC)cc1N(C)CCN(C)C.C=CC(=O)Nc1cc(Nc2nccc(-c3cc(C(C)=O)c4c(c3)c(Cl)cn4C)n2)c(OC)cc1N(C)CCN(C)C.C=CC(=O)Nc1cc(Nc2nccc(-c3cc(C(N)=O)c4[nH]cc(C)c4c3)n2)c(OC)cc1N(C)CCN(C)C. The number of carbonyl (C=O) groups excluding carboxylic acids is 5. The number of methoxy groups -OCH3 is 3. The molecule has 0 saturated carbocycles. The number of halogens is 1. The smallest absolute Gasteiger partial charge is 0.250 e. The Balaban J connectivity index is 0.000000189.